The molecule has 3 amide bonds. The van der Waals surface area contributed by atoms with E-state index in [-0.39, 0.29) is 36.9 Å². The third kappa shape index (κ3) is 5.73. The Kier molecular flexibility index (Phi) is 8.17. The Hall–Kier alpha value is -4.16. The van der Waals surface area contributed by atoms with E-state index in [0.29, 0.717) is 22.7 Å². The molecule has 7 heteroatoms. The summed E-state index contributed by atoms with van der Waals surface area (Å²) in [6, 6.07) is 27.4. The normalized spacial score (nSPS) is 13.8. The van der Waals surface area contributed by atoms with Gasteiger partial charge in [-0.05, 0) is 54.1 Å². The molecule has 0 spiro atoms. The number of nitrogens with one attached hydrogen (secondary N) is 1. The molecule has 2 atom stereocenters. The fourth-order valence-corrected chi connectivity index (χ4v) is 5.27. The average Bonchev–Trinajstić information content (AvgIpc) is 3.24. The van der Waals surface area contributed by atoms with E-state index in [9.17, 15) is 14.4 Å². The summed E-state index contributed by atoms with van der Waals surface area (Å²) < 4.78 is 0. The van der Waals surface area contributed by atoms with Crippen molar-refractivity contribution >= 4 is 45.8 Å². The summed E-state index contributed by atoms with van der Waals surface area (Å²) in [7, 11) is 0. The van der Waals surface area contributed by atoms with Gasteiger partial charge in [0, 0.05) is 35.0 Å². The molecule has 4 aromatic carbocycles. The van der Waals surface area contributed by atoms with Crippen molar-refractivity contribution in [2.75, 3.05) is 11.4 Å². The van der Waals surface area contributed by atoms with Crippen molar-refractivity contribution in [3.8, 4) is 0 Å². The SMILES string of the molecule is CC[C@H](C)NC(=O)[C@@H](Cc1ccccc1)N(Cc1ccc(Cl)cc1)C(=O)CN1C(=O)c2cccc3cccc1c23. The Bertz CT molecular complexity index is 1530. The maximum absolute atomic E-state index is 14.2. The van der Waals surface area contributed by atoms with E-state index in [2.05, 4.69) is 5.32 Å². The second-order valence-electron chi connectivity index (χ2n) is 10.2. The van der Waals surface area contributed by atoms with Crippen LogP contribution in [0.3, 0.4) is 0 Å². The quantitative estimate of drug-likeness (QED) is 0.261. The Morgan fingerprint density at radius 1 is 0.900 bits per heavy atom. The van der Waals surface area contributed by atoms with Crippen LogP contribution in [0.25, 0.3) is 10.8 Å². The van der Waals surface area contributed by atoms with Gasteiger partial charge in [0.1, 0.15) is 12.6 Å². The first kappa shape index (κ1) is 27.4. The fraction of sp³-hybridized carbons (Fsp3) is 0.242. The number of hydrogen-bond donors (Lipinski definition) is 1. The van der Waals surface area contributed by atoms with Crippen LogP contribution >= 0.6 is 11.6 Å². The highest BCUT2D eigenvalue weighted by atomic mass is 35.5. The van der Waals surface area contributed by atoms with Gasteiger partial charge in [-0.1, -0.05) is 85.3 Å². The van der Waals surface area contributed by atoms with E-state index in [1.165, 1.54) is 4.90 Å². The van der Waals surface area contributed by atoms with Crippen molar-refractivity contribution in [3.05, 3.63) is 113 Å². The van der Waals surface area contributed by atoms with E-state index >= 15 is 0 Å². The van der Waals surface area contributed by atoms with Crippen molar-refractivity contribution in [3.63, 3.8) is 0 Å². The molecular weight excluding hydrogens is 522 g/mol. The lowest BCUT2D eigenvalue weighted by molar-refractivity contribution is -0.140. The molecule has 0 bridgehead atoms. The van der Waals surface area contributed by atoms with Gasteiger partial charge in [0.25, 0.3) is 5.91 Å². The lowest BCUT2D eigenvalue weighted by Crippen LogP contribution is -2.54. The first-order valence-corrected chi connectivity index (χ1v) is 13.9. The number of rotatable bonds is 10. The van der Waals surface area contributed by atoms with E-state index < -0.39 is 6.04 Å². The highest BCUT2D eigenvalue weighted by molar-refractivity contribution is 6.30. The standard InChI is InChI=1S/C33H32ClN3O3/c1-3-22(2)35-32(39)29(19-23-9-5-4-6-10-23)36(20-24-15-17-26(34)18-16-24)30(38)21-37-28-14-8-12-25-11-7-13-27(31(25)28)33(37)40/h4-18,22,29H,3,19-21H2,1-2H3,(H,35,39)/t22-,29+/m0/s1. The van der Waals surface area contributed by atoms with E-state index in [4.69, 9.17) is 11.6 Å². The number of carbonyl (C=O) groups is 3. The molecule has 0 radical (unpaired) electrons. The van der Waals surface area contributed by atoms with Gasteiger partial charge in [-0.3, -0.25) is 19.3 Å². The van der Waals surface area contributed by atoms with Crippen molar-refractivity contribution in [1.29, 1.82) is 0 Å². The number of anilines is 1. The summed E-state index contributed by atoms with van der Waals surface area (Å²) in [6.45, 7) is 3.97. The second kappa shape index (κ2) is 11.9. The molecule has 1 N–H and O–H groups in total. The number of nitrogens with zero attached hydrogens (tertiary/aromatic N) is 2. The molecule has 1 aliphatic heterocycles. The van der Waals surface area contributed by atoms with Gasteiger partial charge in [-0.25, -0.2) is 0 Å². The van der Waals surface area contributed by atoms with Crippen molar-refractivity contribution in [2.45, 2.75) is 45.3 Å². The molecular formula is C33H32ClN3O3. The van der Waals surface area contributed by atoms with Crippen molar-refractivity contribution in [1.82, 2.24) is 10.2 Å². The molecule has 0 saturated carbocycles. The monoisotopic (exact) mass is 553 g/mol. The van der Waals surface area contributed by atoms with Crippen LogP contribution in [0, 0.1) is 0 Å². The molecule has 6 nitrogen and oxygen atoms in total. The maximum atomic E-state index is 14.2. The molecule has 40 heavy (non-hydrogen) atoms. The van der Waals surface area contributed by atoms with Crippen molar-refractivity contribution in [2.24, 2.45) is 0 Å². The molecule has 0 aromatic heterocycles. The van der Waals surface area contributed by atoms with Crippen LogP contribution in [-0.4, -0.2) is 41.2 Å². The lowest BCUT2D eigenvalue weighted by Gasteiger charge is -2.33. The van der Waals surface area contributed by atoms with E-state index in [1.54, 1.807) is 23.1 Å². The summed E-state index contributed by atoms with van der Waals surface area (Å²) >= 11 is 6.13. The van der Waals surface area contributed by atoms with Crippen LogP contribution in [0.15, 0.2) is 91.0 Å². The summed E-state index contributed by atoms with van der Waals surface area (Å²) in [5.74, 6) is -0.748. The zero-order valence-corrected chi connectivity index (χ0v) is 23.4. The van der Waals surface area contributed by atoms with E-state index in [1.807, 2.05) is 86.6 Å². The summed E-state index contributed by atoms with van der Waals surface area (Å²) in [5.41, 5.74) is 3.07. The molecule has 1 aliphatic rings. The largest absolute Gasteiger partial charge is 0.352 e. The fourth-order valence-electron chi connectivity index (χ4n) is 5.14. The summed E-state index contributed by atoms with van der Waals surface area (Å²) in [6.07, 6.45) is 1.10. The first-order valence-electron chi connectivity index (χ1n) is 13.6. The van der Waals surface area contributed by atoms with E-state index in [0.717, 1.165) is 28.3 Å². The van der Waals surface area contributed by atoms with Gasteiger partial charge in [0.2, 0.25) is 11.8 Å². The molecule has 0 fully saturated rings. The van der Waals surface area contributed by atoms with Gasteiger partial charge in [-0.15, -0.1) is 0 Å². The Morgan fingerprint density at radius 3 is 2.30 bits per heavy atom. The molecule has 1 heterocycles. The molecule has 0 unspecified atom stereocenters. The van der Waals surface area contributed by atoms with Crippen LogP contribution in [0.1, 0.15) is 41.8 Å². The molecule has 4 aromatic rings. The predicted molar refractivity (Wildman–Crippen MR) is 159 cm³/mol. The lowest BCUT2D eigenvalue weighted by atomic mass is 10.0. The summed E-state index contributed by atoms with van der Waals surface area (Å²) in [5, 5.41) is 5.47. The minimum absolute atomic E-state index is 0.0504. The maximum Gasteiger partial charge on any atom is 0.259 e. The first-order chi connectivity index (χ1) is 19.4. The van der Waals surface area contributed by atoms with Gasteiger partial charge in [0.15, 0.2) is 0 Å². The highest BCUT2D eigenvalue weighted by Crippen LogP contribution is 2.37. The molecule has 5 rings (SSSR count). The van der Waals surface area contributed by atoms with Crippen LogP contribution < -0.4 is 10.2 Å². The second-order valence-corrected chi connectivity index (χ2v) is 10.7. The van der Waals surface area contributed by atoms with Gasteiger partial charge in [0.05, 0.1) is 5.69 Å². The Labute approximate surface area is 239 Å². The van der Waals surface area contributed by atoms with Gasteiger partial charge in [-0.2, -0.15) is 0 Å². The number of carbonyl (C=O) groups excluding carboxylic acids is 3. The van der Waals surface area contributed by atoms with Gasteiger partial charge < -0.3 is 10.2 Å². The van der Waals surface area contributed by atoms with Gasteiger partial charge >= 0.3 is 0 Å². The minimum atomic E-state index is -0.782. The highest BCUT2D eigenvalue weighted by Gasteiger charge is 2.36. The summed E-state index contributed by atoms with van der Waals surface area (Å²) in [4.78, 5) is 44.5. The smallest absolute Gasteiger partial charge is 0.259 e. The van der Waals surface area contributed by atoms with Crippen molar-refractivity contribution < 1.29 is 14.4 Å². The Morgan fingerprint density at radius 2 is 1.60 bits per heavy atom. The Balaban J connectivity index is 1.51. The third-order valence-electron chi connectivity index (χ3n) is 7.48. The minimum Gasteiger partial charge on any atom is -0.352 e. The molecule has 0 aliphatic carbocycles. The topological polar surface area (TPSA) is 69.7 Å². The van der Waals surface area contributed by atoms with Crippen LogP contribution in [0.5, 0.6) is 0 Å². The number of benzene rings is 4. The third-order valence-corrected chi connectivity index (χ3v) is 7.73. The van der Waals surface area contributed by atoms with Crippen LogP contribution in [-0.2, 0) is 22.6 Å². The number of amides is 3. The molecule has 204 valence electrons. The predicted octanol–water partition coefficient (Wildman–Crippen LogP) is 6.01. The number of halogens is 1. The zero-order valence-electron chi connectivity index (χ0n) is 22.6. The average molecular weight is 554 g/mol. The number of hydrogen-bond acceptors (Lipinski definition) is 3. The molecule has 0 saturated heterocycles. The van der Waals surface area contributed by atoms with Crippen LogP contribution in [0.2, 0.25) is 5.02 Å². The van der Waals surface area contributed by atoms with Crippen LogP contribution in [0.4, 0.5) is 5.69 Å². The zero-order chi connectivity index (χ0) is 28.2.